The maximum atomic E-state index is 11.5. The van der Waals surface area contributed by atoms with Crippen LogP contribution in [0.5, 0.6) is 0 Å². The van der Waals surface area contributed by atoms with E-state index < -0.39 is 0 Å². The zero-order chi connectivity index (χ0) is 13.9. The number of carbonyl (C=O) groups excluding carboxylic acids is 1. The minimum atomic E-state index is -0.0212. The molecule has 4 nitrogen and oxygen atoms in total. The van der Waals surface area contributed by atoms with Gasteiger partial charge in [0.1, 0.15) is 0 Å². The van der Waals surface area contributed by atoms with Gasteiger partial charge >= 0.3 is 0 Å². The molecule has 1 aromatic rings. The Morgan fingerprint density at radius 3 is 2.63 bits per heavy atom. The van der Waals surface area contributed by atoms with E-state index in [0.29, 0.717) is 13.2 Å². The molecule has 0 saturated carbocycles. The van der Waals surface area contributed by atoms with Gasteiger partial charge in [-0.1, -0.05) is 25.5 Å². The molecular formula is C15H24N2O2. The third kappa shape index (κ3) is 6.82. The van der Waals surface area contributed by atoms with Gasteiger partial charge in [0.2, 0.25) is 5.91 Å². The second-order valence-electron chi connectivity index (χ2n) is 4.50. The number of unbranched alkanes of at least 4 members (excludes halogenated alkanes) is 1. The number of nitrogens with one attached hydrogen (secondary N) is 2. The molecule has 0 aromatic heterocycles. The molecule has 106 valence electrons. The lowest BCUT2D eigenvalue weighted by Crippen LogP contribution is -2.32. The molecule has 0 fully saturated rings. The van der Waals surface area contributed by atoms with Gasteiger partial charge in [0.15, 0.2) is 0 Å². The highest BCUT2D eigenvalue weighted by Gasteiger charge is 2.00. The van der Waals surface area contributed by atoms with Gasteiger partial charge in [-0.15, -0.1) is 0 Å². The van der Waals surface area contributed by atoms with Gasteiger partial charge in [0.25, 0.3) is 0 Å². The molecule has 4 heteroatoms. The summed E-state index contributed by atoms with van der Waals surface area (Å²) in [6.45, 7) is 3.57. The summed E-state index contributed by atoms with van der Waals surface area (Å²) in [5.74, 6) is -0.0212. The summed E-state index contributed by atoms with van der Waals surface area (Å²) in [4.78, 5) is 11.5. The summed E-state index contributed by atoms with van der Waals surface area (Å²) in [6, 6.07) is 8.27. The van der Waals surface area contributed by atoms with Crippen LogP contribution < -0.4 is 10.6 Å². The molecule has 1 rings (SSSR count). The molecule has 2 N–H and O–H groups in total. The lowest BCUT2D eigenvalue weighted by molar-refractivity contribution is -0.119. The van der Waals surface area contributed by atoms with Crippen molar-refractivity contribution >= 4 is 11.6 Å². The number of carbonyl (C=O) groups is 1. The predicted octanol–water partition coefficient (Wildman–Crippen LogP) is 2.20. The van der Waals surface area contributed by atoms with E-state index in [1.165, 1.54) is 18.4 Å². The first kappa shape index (κ1) is 15.5. The zero-order valence-electron chi connectivity index (χ0n) is 11.9. The number of amides is 1. The Hall–Kier alpha value is -1.55. The molecule has 19 heavy (non-hydrogen) atoms. The van der Waals surface area contributed by atoms with Gasteiger partial charge in [0, 0.05) is 19.3 Å². The normalized spacial score (nSPS) is 10.2. The SMILES string of the molecule is CCCCc1ccc(NCC(=O)NCCOC)cc1. The zero-order valence-corrected chi connectivity index (χ0v) is 11.9. The van der Waals surface area contributed by atoms with Gasteiger partial charge in [-0.2, -0.15) is 0 Å². The van der Waals surface area contributed by atoms with Crippen molar-refractivity contribution in [2.45, 2.75) is 26.2 Å². The van der Waals surface area contributed by atoms with E-state index in [2.05, 4.69) is 29.7 Å². The van der Waals surface area contributed by atoms with Crippen LogP contribution in [0.4, 0.5) is 5.69 Å². The van der Waals surface area contributed by atoms with Crippen LogP contribution in [0, 0.1) is 0 Å². The van der Waals surface area contributed by atoms with Gasteiger partial charge in [-0.3, -0.25) is 4.79 Å². The average Bonchev–Trinajstić information content (AvgIpc) is 2.44. The van der Waals surface area contributed by atoms with Crippen molar-refractivity contribution in [2.75, 3.05) is 32.1 Å². The number of anilines is 1. The van der Waals surface area contributed by atoms with E-state index in [0.717, 1.165) is 12.1 Å². The highest BCUT2D eigenvalue weighted by molar-refractivity contribution is 5.80. The number of ether oxygens (including phenoxy) is 1. The molecule has 0 bridgehead atoms. The molecule has 0 unspecified atom stereocenters. The van der Waals surface area contributed by atoms with Crippen molar-refractivity contribution in [1.82, 2.24) is 5.32 Å². The van der Waals surface area contributed by atoms with Crippen LogP contribution in [-0.4, -0.2) is 32.7 Å². The third-order valence-corrected chi connectivity index (χ3v) is 2.85. The monoisotopic (exact) mass is 264 g/mol. The second-order valence-corrected chi connectivity index (χ2v) is 4.50. The number of hydrogen-bond acceptors (Lipinski definition) is 3. The molecule has 1 aromatic carbocycles. The smallest absolute Gasteiger partial charge is 0.239 e. The number of hydrogen-bond donors (Lipinski definition) is 2. The van der Waals surface area contributed by atoms with Crippen LogP contribution in [0.3, 0.4) is 0 Å². The van der Waals surface area contributed by atoms with Crippen LogP contribution in [0.2, 0.25) is 0 Å². The summed E-state index contributed by atoms with van der Waals surface area (Å²) in [7, 11) is 1.62. The largest absolute Gasteiger partial charge is 0.383 e. The third-order valence-electron chi connectivity index (χ3n) is 2.85. The first-order valence-corrected chi connectivity index (χ1v) is 6.84. The molecule has 0 radical (unpaired) electrons. The number of aryl methyl sites for hydroxylation is 1. The Kier molecular flexibility index (Phi) is 7.66. The molecule has 0 heterocycles. The van der Waals surface area contributed by atoms with E-state index in [-0.39, 0.29) is 12.5 Å². The second kappa shape index (κ2) is 9.39. The number of benzene rings is 1. The quantitative estimate of drug-likeness (QED) is 0.672. The summed E-state index contributed by atoms with van der Waals surface area (Å²) < 4.78 is 4.87. The standard InChI is InChI=1S/C15H24N2O2/c1-3-4-5-13-6-8-14(9-7-13)17-12-15(18)16-10-11-19-2/h6-9,17H,3-5,10-12H2,1-2H3,(H,16,18). The van der Waals surface area contributed by atoms with Crippen molar-refractivity contribution in [1.29, 1.82) is 0 Å². The summed E-state index contributed by atoms with van der Waals surface area (Å²) in [5.41, 5.74) is 2.32. The molecule has 0 atom stereocenters. The van der Waals surface area contributed by atoms with E-state index in [1.54, 1.807) is 7.11 Å². The Labute approximate surface area is 115 Å². The van der Waals surface area contributed by atoms with Crippen molar-refractivity contribution in [2.24, 2.45) is 0 Å². The van der Waals surface area contributed by atoms with Crippen molar-refractivity contribution in [3.05, 3.63) is 29.8 Å². The highest BCUT2D eigenvalue weighted by atomic mass is 16.5. The molecule has 0 saturated heterocycles. The molecular weight excluding hydrogens is 240 g/mol. The van der Waals surface area contributed by atoms with Crippen LogP contribution >= 0.6 is 0 Å². The van der Waals surface area contributed by atoms with Gasteiger partial charge < -0.3 is 15.4 Å². The van der Waals surface area contributed by atoms with E-state index >= 15 is 0 Å². The van der Waals surface area contributed by atoms with E-state index in [1.807, 2.05) is 12.1 Å². The van der Waals surface area contributed by atoms with Crippen molar-refractivity contribution < 1.29 is 9.53 Å². The maximum absolute atomic E-state index is 11.5. The van der Waals surface area contributed by atoms with E-state index in [9.17, 15) is 4.79 Å². The topological polar surface area (TPSA) is 50.4 Å². The predicted molar refractivity (Wildman–Crippen MR) is 78.4 cm³/mol. The Morgan fingerprint density at radius 1 is 1.26 bits per heavy atom. The number of methoxy groups -OCH3 is 1. The fourth-order valence-electron chi connectivity index (χ4n) is 1.71. The van der Waals surface area contributed by atoms with Gasteiger partial charge in [-0.25, -0.2) is 0 Å². The Bertz CT molecular complexity index is 363. The Morgan fingerprint density at radius 2 is 2.00 bits per heavy atom. The Balaban J connectivity index is 2.27. The first-order valence-electron chi connectivity index (χ1n) is 6.84. The maximum Gasteiger partial charge on any atom is 0.239 e. The van der Waals surface area contributed by atoms with Crippen molar-refractivity contribution in [3.8, 4) is 0 Å². The average molecular weight is 264 g/mol. The van der Waals surface area contributed by atoms with Gasteiger partial charge in [-0.05, 0) is 30.5 Å². The molecule has 0 spiro atoms. The van der Waals surface area contributed by atoms with Crippen LogP contribution in [-0.2, 0) is 16.0 Å². The summed E-state index contributed by atoms with van der Waals surface area (Å²) in [5, 5.41) is 5.87. The number of rotatable bonds is 9. The van der Waals surface area contributed by atoms with Gasteiger partial charge in [0.05, 0.1) is 13.2 Å². The molecule has 1 amide bonds. The first-order chi connectivity index (χ1) is 9.26. The lowest BCUT2D eigenvalue weighted by Gasteiger charge is -2.08. The summed E-state index contributed by atoms with van der Waals surface area (Å²) in [6.07, 6.45) is 3.55. The fraction of sp³-hybridized carbons (Fsp3) is 0.533. The molecule has 0 aliphatic carbocycles. The lowest BCUT2D eigenvalue weighted by atomic mass is 10.1. The van der Waals surface area contributed by atoms with Crippen LogP contribution in [0.25, 0.3) is 0 Å². The minimum absolute atomic E-state index is 0.0212. The highest BCUT2D eigenvalue weighted by Crippen LogP contribution is 2.11. The summed E-state index contributed by atoms with van der Waals surface area (Å²) >= 11 is 0. The van der Waals surface area contributed by atoms with Crippen molar-refractivity contribution in [3.63, 3.8) is 0 Å². The van der Waals surface area contributed by atoms with E-state index in [4.69, 9.17) is 4.74 Å². The molecule has 0 aliphatic rings. The minimum Gasteiger partial charge on any atom is -0.383 e. The molecule has 0 aliphatic heterocycles. The van der Waals surface area contributed by atoms with Crippen LogP contribution in [0.1, 0.15) is 25.3 Å². The van der Waals surface area contributed by atoms with Crippen LogP contribution in [0.15, 0.2) is 24.3 Å². The fourth-order valence-corrected chi connectivity index (χ4v) is 1.71.